The number of benzene rings is 1. The van der Waals surface area contributed by atoms with Crippen LogP contribution in [0.25, 0.3) is 0 Å². The number of carbonyl (C=O) groups excluding carboxylic acids is 1. The molecular formula is C19H22FN3O2. The monoisotopic (exact) mass is 343 g/mol. The fourth-order valence-corrected chi connectivity index (χ4v) is 3.17. The Morgan fingerprint density at radius 1 is 1.36 bits per heavy atom. The predicted molar refractivity (Wildman–Crippen MR) is 92.9 cm³/mol. The summed E-state index contributed by atoms with van der Waals surface area (Å²) in [4.78, 5) is 19.0. The van der Waals surface area contributed by atoms with E-state index in [2.05, 4.69) is 15.2 Å². The molecule has 1 aliphatic heterocycles. The van der Waals surface area contributed by atoms with Crippen LogP contribution < -0.4 is 10.1 Å². The molecule has 2 heterocycles. The van der Waals surface area contributed by atoms with Gasteiger partial charge in [-0.15, -0.1) is 0 Å². The van der Waals surface area contributed by atoms with Crippen molar-refractivity contribution in [1.82, 2.24) is 15.2 Å². The Bertz CT molecular complexity index is 724. The average molecular weight is 343 g/mol. The molecule has 0 radical (unpaired) electrons. The first-order valence-electron chi connectivity index (χ1n) is 8.40. The first kappa shape index (κ1) is 17.4. The molecule has 1 aliphatic rings. The normalized spacial score (nSPS) is 17.4. The number of halogens is 1. The number of nitrogens with one attached hydrogen (secondary N) is 1. The van der Waals surface area contributed by atoms with Crippen LogP contribution in [0.2, 0.25) is 0 Å². The smallest absolute Gasteiger partial charge is 0.255 e. The van der Waals surface area contributed by atoms with Crippen LogP contribution in [0.5, 0.6) is 5.75 Å². The first-order chi connectivity index (χ1) is 12.2. The maximum absolute atomic E-state index is 13.7. The molecule has 0 bridgehead atoms. The standard InChI is InChI=1S/C19H22FN3O2/c1-25-18-16(6-4-7-17(18)20)19(24)22-11-14-8-10-23(12-14)13-15-5-2-3-9-21-15/h2-7,9,14H,8,10-13H2,1H3,(H,22,24). The molecule has 1 aromatic carbocycles. The zero-order valence-electron chi connectivity index (χ0n) is 14.2. The SMILES string of the molecule is COc1c(F)cccc1C(=O)NCC1CCN(Cc2ccccn2)C1. The number of hydrogen-bond acceptors (Lipinski definition) is 4. The van der Waals surface area contributed by atoms with Gasteiger partial charge in [0.1, 0.15) is 0 Å². The third kappa shape index (κ3) is 4.33. The number of methoxy groups -OCH3 is 1. The van der Waals surface area contributed by atoms with Gasteiger partial charge in [0.2, 0.25) is 0 Å². The minimum atomic E-state index is -0.530. The molecule has 0 aliphatic carbocycles. The second-order valence-corrected chi connectivity index (χ2v) is 6.24. The number of rotatable bonds is 6. The van der Waals surface area contributed by atoms with Crippen molar-refractivity contribution in [2.75, 3.05) is 26.7 Å². The van der Waals surface area contributed by atoms with Gasteiger partial charge in [0.15, 0.2) is 11.6 Å². The van der Waals surface area contributed by atoms with Crippen LogP contribution in [-0.4, -0.2) is 42.5 Å². The molecule has 1 N–H and O–H groups in total. The molecule has 0 saturated carbocycles. The Balaban J connectivity index is 1.51. The molecule has 132 valence electrons. The Hall–Kier alpha value is -2.47. The largest absolute Gasteiger partial charge is 0.493 e. The molecule has 6 heteroatoms. The molecular weight excluding hydrogens is 321 g/mol. The van der Waals surface area contributed by atoms with Crippen molar-refractivity contribution in [2.24, 2.45) is 5.92 Å². The van der Waals surface area contributed by atoms with Gasteiger partial charge in [0.05, 0.1) is 18.4 Å². The number of nitrogens with zero attached hydrogens (tertiary/aromatic N) is 2. The van der Waals surface area contributed by atoms with Crippen molar-refractivity contribution in [3.63, 3.8) is 0 Å². The third-order valence-electron chi connectivity index (χ3n) is 4.45. The fraction of sp³-hybridized carbons (Fsp3) is 0.368. The number of para-hydroxylation sites is 1. The van der Waals surface area contributed by atoms with E-state index in [0.717, 1.165) is 31.7 Å². The number of amides is 1. The van der Waals surface area contributed by atoms with E-state index in [4.69, 9.17) is 4.74 Å². The molecule has 1 amide bonds. The molecule has 1 atom stereocenters. The maximum atomic E-state index is 13.7. The van der Waals surface area contributed by atoms with Gasteiger partial charge >= 0.3 is 0 Å². The highest BCUT2D eigenvalue weighted by Gasteiger charge is 2.24. The lowest BCUT2D eigenvalue weighted by molar-refractivity contribution is 0.0943. The van der Waals surface area contributed by atoms with E-state index in [1.807, 2.05) is 18.2 Å². The number of hydrogen-bond donors (Lipinski definition) is 1. The summed E-state index contributed by atoms with van der Waals surface area (Å²) in [7, 11) is 1.36. The Morgan fingerprint density at radius 3 is 3.00 bits per heavy atom. The molecule has 25 heavy (non-hydrogen) atoms. The van der Waals surface area contributed by atoms with Gasteiger partial charge < -0.3 is 10.1 Å². The van der Waals surface area contributed by atoms with Crippen molar-refractivity contribution >= 4 is 5.91 Å². The van der Waals surface area contributed by atoms with Gasteiger partial charge in [0, 0.05) is 25.8 Å². The van der Waals surface area contributed by atoms with Crippen LogP contribution in [0.3, 0.4) is 0 Å². The number of likely N-dealkylation sites (tertiary alicyclic amines) is 1. The summed E-state index contributed by atoms with van der Waals surface area (Å²) in [5.41, 5.74) is 1.28. The zero-order chi connectivity index (χ0) is 17.6. The van der Waals surface area contributed by atoms with Gasteiger partial charge in [-0.2, -0.15) is 0 Å². The lowest BCUT2D eigenvalue weighted by atomic mass is 10.1. The number of aromatic nitrogens is 1. The third-order valence-corrected chi connectivity index (χ3v) is 4.45. The Labute approximate surface area is 146 Å². The van der Waals surface area contributed by atoms with Crippen LogP contribution in [0.15, 0.2) is 42.6 Å². The van der Waals surface area contributed by atoms with E-state index >= 15 is 0 Å². The highest BCUT2D eigenvalue weighted by Crippen LogP contribution is 2.22. The second kappa shape index (κ2) is 8.07. The van der Waals surface area contributed by atoms with E-state index in [9.17, 15) is 9.18 Å². The molecule has 1 aromatic heterocycles. The Kier molecular flexibility index (Phi) is 5.60. The predicted octanol–water partition coefficient (Wildman–Crippen LogP) is 2.48. The van der Waals surface area contributed by atoms with E-state index in [0.29, 0.717) is 12.5 Å². The summed E-state index contributed by atoms with van der Waals surface area (Å²) < 4.78 is 18.7. The van der Waals surface area contributed by atoms with Gasteiger partial charge in [-0.25, -0.2) is 4.39 Å². The van der Waals surface area contributed by atoms with E-state index in [1.165, 1.54) is 19.2 Å². The zero-order valence-corrected chi connectivity index (χ0v) is 14.2. The number of carbonyl (C=O) groups is 1. The van der Waals surface area contributed by atoms with Crippen molar-refractivity contribution < 1.29 is 13.9 Å². The first-order valence-corrected chi connectivity index (χ1v) is 8.40. The molecule has 0 spiro atoms. The van der Waals surface area contributed by atoms with Crippen molar-refractivity contribution in [3.8, 4) is 5.75 Å². The highest BCUT2D eigenvalue weighted by atomic mass is 19.1. The summed E-state index contributed by atoms with van der Waals surface area (Å²) >= 11 is 0. The van der Waals surface area contributed by atoms with Crippen LogP contribution in [0.1, 0.15) is 22.5 Å². The maximum Gasteiger partial charge on any atom is 0.255 e. The van der Waals surface area contributed by atoms with Crippen LogP contribution in [0.4, 0.5) is 4.39 Å². The molecule has 3 rings (SSSR count). The van der Waals surface area contributed by atoms with E-state index in [1.54, 1.807) is 12.3 Å². The summed E-state index contributed by atoms with van der Waals surface area (Å²) in [6.07, 6.45) is 2.82. The Morgan fingerprint density at radius 2 is 2.24 bits per heavy atom. The number of ether oxygens (including phenoxy) is 1. The van der Waals surface area contributed by atoms with Crippen molar-refractivity contribution in [3.05, 3.63) is 59.7 Å². The van der Waals surface area contributed by atoms with Crippen LogP contribution >= 0.6 is 0 Å². The van der Waals surface area contributed by atoms with Crippen LogP contribution in [0, 0.1) is 11.7 Å². The minimum Gasteiger partial charge on any atom is -0.493 e. The second-order valence-electron chi connectivity index (χ2n) is 6.24. The molecule has 2 aromatic rings. The van der Waals surface area contributed by atoms with Gasteiger partial charge in [-0.05, 0) is 43.1 Å². The minimum absolute atomic E-state index is 0.0109. The summed E-state index contributed by atoms with van der Waals surface area (Å²) in [5.74, 6) is -0.465. The lowest BCUT2D eigenvalue weighted by Crippen LogP contribution is -2.31. The summed E-state index contributed by atoms with van der Waals surface area (Å²) in [6.45, 7) is 3.29. The fourth-order valence-electron chi connectivity index (χ4n) is 3.17. The lowest BCUT2D eigenvalue weighted by Gasteiger charge is -2.16. The average Bonchev–Trinajstić information content (AvgIpc) is 3.07. The van der Waals surface area contributed by atoms with E-state index in [-0.39, 0.29) is 17.2 Å². The van der Waals surface area contributed by atoms with Crippen molar-refractivity contribution in [1.29, 1.82) is 0 Å². The topological polar surface area (TPSA) is 54.5 Å². The van der Waals surface area contributed by atoms with Gasteiger partial charge in [0.25, 0.3) is 5.91 Å². The highest BCUT2D eigenvalue weighted by molar-refractivity contribution is 5.96. The summed E-state index contributed by atoms with van der Waals surface area (Å²) in [5, 5.41) is 2.90. The molecule has 5 nitrogen and oxygen atoms in total. The number of pyridine rings is 1. The molecule has 1 unspecified atom stereocenters. The van der Waals surface area contributed by atoms with Gasteiger partial charge in [-0.1, -0.05) is 12.1 Å². The van der Waals surface area contributed by atoms with Gasteiger partial charge in [-0.3, -0.25) is 14.7 Å². The summed E-state index contributed by atoms with van der Waals surface area (Å²) in [6, 6.07) is 10.3. The quantitative estimate of drug-likeness (QED) is 0.875. The molecule has 1 fully saturated rings. The van der Waals surface area contributed by atoms with Crippen LogP contribution in [-0.2, 0) is 6.54 Å². The van der Waals surface area contributed by atoms with Crippen molar-refractivity contribution in [2.45, 2.75) is 13.0 Å². The van der Waals surface area contributed by atoms with E-state index < -0.39 is 5.82 Å². The molecule has 1 saturated heterocycles.